The highest BCUT2D eigenvalue weighted by Gasteiger charge is 2.44. The van der Waals surface area contributed by atoms with E-state index >= 15 is 0 Å². The number of rotatable bonds is 6. The molecule has 4 nitrogen and oxygen atoms in total. The van der Waals surface area contributed by atoms with Crippen LogP contribution in [0.4, 0.5) is 0 Å². The number of hydrogen-bond acceptors (Lipinski definition) is 5. The Morgan fingerprint density at radius 1 is 1.63 bits per heavy atom. The fourth-order valence-corrected chi connectivity index (χ4v) is 3.14. The molecule has 0 aliphatic heterocycles. The summed E-state index contributed by atoms with van der Waals surface area (Å²) in [5, 5.41) is 0.978. The van der Waals surface area contributed by atoms with E-state index in [0.717, 1.165) is 29.2 Å². The lowest BCUT2D eigenvalue weighted by Crippen LogP contribution is -2.13. The molecule has 2 rings (SSSR count). The average molecular weight is 280 g/mol. The molecule has 1 aliphatic carbocycles. The van der Waals surface area contributed by atoms with E-state index < -0.39 is 0 Å². The van der Waals surface area contributed by atoms with Gasteiger partial charge in [-0.1, -0.05) is 0 Å². The van der Waals surface area contributed by atoms with Crippen molar-refractivity contribution in [3.05, 3.63) is 23.9 Å². The Labute approximate surface area is 118 Å². The molecule has 0 aromatic carbocycles. The number of thioether (sulfide) groups is 1. The van der Waals surface area contributed by atoms with Gasteiger partial charge in [-0.2, -0.15) is 0 Å². The largest absolute Gasteiger partial charge is 0.469 e. The van der Waals surface area contributed by atoms with Crippen LogP contribution in [0.5, 0.6) is 0 Å². The summed E-state index contributed by atoms with van der Waals surface area (Å²) in [6.45, 7) is 1.96. The second-order valence-electron chi connectivity index (χ2n) is 5.26. The lowest BCUT2D eigenvalue weighted by Gasteiger charge is -2.13. The zero-order chi connectivity index (χ0) is 13.9. The summed E-state index contributed by atoms with van der Waals surface area (Å²) < 4.78 is 4.75. The Morgan fingerprint density at radius 2 is 2.37 bits per heavy atom. The highest BCUT2D eigenvalue weighted by Crippen LogP contribution is 2.52. The Morgan fingerprint density at radius 3 is 2.95 bits per heavy atom. The van der Waals surface area contributed by atoms with Gasteiger partial charge in [-0.05, 0) is 42.9 Å². The zero-order valence-electron chi connectivity index (χ0n) is 11.4. The molecule has 104 valence electrons. The van der Waals surface area contributed by atoms with Crippen molar-refractivity contribution < 1.29 is 9.53 Å². The number of pyridine rings is 1. The summed E-state index contributed by atoms with van der Waals surface area (Å²) >= 11 is 1.70. The smallest absolute Gasteiger partial charge is 0.306 e. The molecule has 1 aromatic rings. The maximum atomic E-state index is 11.4. The van der Waals surface area contributed by atoms with Crippen LogP contribution in [0.1, 0.15) is 37.8 Å². The molecule has 0 spiro atoms. The number of carbonyl (C=O) groups is 1. The number of esters is 1. The lowest BCUT2D eigenvalue weighted by molar-refractivity contribution is -0.141. The second-order valence-corrected chi connectivity index (χ2v) is 6.25. The van der Waals surface area contributed by atoms with E-state index in [4.69, 9.17) is 10.5 Å². The van der Waals surface area contributed by atoms with Gasteiger partial charge in [0.25, 0.3) is 0 Å². The summed E-state index contributed by atoms with van der Waals surface area (Å²) in [6, 6.07) is 3.99. The second kappa shape index (κ2) is 5.92. The van der Waals surface area contributed by atoms with Crippen LogP contribution in [-0.2, 0) is 9.53 Å². The number of nitrogens with two attached hydrogens (primary N) is 1. The maximum absolute atomic E-state index is 11.4. The van der Waals surface area contributed by atoms with Crippen LogP contribution in [0.2, 0.25) is 0 Å². The molecule has 1 aromatic heterocycles. The quantitative estimate of drug-likeness (QED) is 0.641. The van der Waals surface area contributed by atoms with Crippen molar-refractivity contribution in [3.8, 4) is 0 Å². The van der Waals surface area contributed by atoms with E-state index in [9.17, 15) is 4.79 Å². The van der Waals surface area contributed by atoms with Gasteiger partial charge >= 0.3 is 5.97 Å². The molecular formula is C14H20N2O2S. The van der Waals surface area contributed by atoms with Crippen LogP contribution in [0.3, 0.4) is 0 Å². The van der Waals surface area contributed by atoms with Crippen molar-refractivity contribution in [1.29, 1.82) is 0 Å². The molecule has 1 saturated carbocycles. The first-order valence-electron chi connectivity index (χ1n) is 6.46. The Kier molecular flexibility index (Phi) is 4.47. The predicted octanol–water partition coefficient (Wildman–Crippen LogP) is 2.54. The molecule has 1 aliphatic rings. The van der Waals surface area contributed by atoms with Gasteiger partial charge < -0.3 is 10.5 Å². The molecule has 2 N–H and O–H groups in total. The average Bonchev–Trinajstić information content (AvgIpc) is 3.17. The SMILES string of the molecule is COC(=O)CC1(CSc2cc([C@H](C)N)ccn2)CC1. The zero-order valence-corrected chi connectivity index (χ0v) is 12.2. The maximum Gasteiger partial charge on any atom is 0.306 e. The van der Waals surface area contributed by atoms with Crippen molar-refractivity contribution in [2.24, 2.45) is 11.1 Å². The predicted molar refractivity (Wildman–Crippen MR) is 75.9 cm³/mol. The van der Waals surface area contributed by atoms with Crippen LogP contribution in [0, 0.1) is 5.41 Å². The van der Waals surface area contributed by atoms with Gasteiger partial charge in [0.15, 0.2) is 0 Å². The molecule has 0 bridgehead atoms. The first kappa shape index (κ1) is 14.3. The van der Waals surface area contributed by atoms with E-state index in [2.05, 4.69) is 4.98 Å². The van der Waals surface area contributed by atoms with Gasteiger partial charge in [0.05, 0.1) is 18.6 Å². The Balaban J connectivity index is 1.92. The summed E-state index contributed by atoms with van der Waals surface area (Å²) in [4.78, 5) is 15.7. The summed E-state index contributed by atoms with van der Waals surface area (Å²) in [6.07, 6.45) is 4.51. The molecule has 1 fully saturated rings. The van der Waals surface area contributed by atoms with Gasteiger partial charge in [0.2, 0.25) is 0 Å². The van der Waals surface area contributed by atoms with Crippen LogP contribution >= 0.6 is 11.8 Å². The summed E-state index contributed by atoms with van der Waals surface area (Å²) in [7, 11) is 1.44. The fourth-order valence-electron chi connectivity index (χ4n) is 1.94. The van der Waals surface area contributed by atoms with Crippen molar-refractivity contribution in [3.63, 3.8) is 0 Å². The van der Waals surface area contributed by atoms with E-state index in [1.165, 1.54) is 7.11 Å². The van der Waals surface area contributed by atoms with E-state index in [1.54, 1.807) is 18.0 Å². The van der Waals surface area contributed by atoms with E-state index in [1.807, 2.05) is 19.1 Å². The number of carbonyl (C=O) groups excluding carboxylic acids is 1. The fraction of sp³-hybridized carbons (Fsp3) is 0.571. The molecule has 1 heterocycles. The van der Waals surface area contributed by atoms with Gasteiger partial charge in [0, 0.05) is 18.0 Å². The minimum atomic E-state index is -0.115. The number of hydrogen-bond donors (Lipinski definition) is 1. The first-order valence-corrected chi connectivity index (χ1v) is 7.44. The molecule has 0 unspecified atom stereocenters. The topological polar surface area (TPSA) is 65.2 Å². The van der Waals surface area contributed by atoms with Crippen LogP contribution < -0.4 is 5.73 Å². The Bertz CT molecular complexity index is 459. The minimum absolute atomic E-state index is 0.0207. The molecular weight excluding hydrogens is 260 g/mol. The number of ether oxygens (including phenoxy) is 1. The van der Waals surface area contributed by atoms with Gasteiger partial charge in [-0.3, -0.25) is 4.79 Å². The molecule has 5 heteroatoms. The highest BCUT2D eigenvalue weighted by molar-refractivity contribution is 7.99. The van der Waals surface area contributed by atoms with Crippen LogP contribution in [0.15, 0.2) is 23.4 Å². The normalized spacial score (nSPS) is 17.8. The summed E-state index contributed by atoms with van der Waals surface area (Å²) in [5.41, 5.74) is 7.08. The third-order valence-electron chi connectivity index (χ3n) is 3.52. The molecule has 19 heavy (non-hydrogen) atoms. The van der Waals surface area contributed by atoms with Gasteiger partial charge in [-0.25, -0.2) is 4.98 Å². The van der Waals surface area contributed by atoms with Crippen molar-refractivity contribution in [2.45, 2.75) is 37.3 Å². The van der Waals surface area contributed by atoms with Gasteiger partial charge in [-0.15, -0.1) is 11.8 Å². The van der Waals surface area contributed by atoms with Crippen molar-refractivity contribution in [1.82, 2.24) is 4.98 Å². The minimum Gasteiger partial charge on any atom is -0.469 e. The Hall–Kier alpha value is -1.07. The van der Waals surface area contributed by atoms with Crippen molar-refractivity contribution in [2.75, 3.05) is 12.9 Å². The van der Waals surface area contributed by atoms with Gasteiger partial charge in [0.1, 0.15) is 0 Å². The molecule has 0 amide bonds. The number of aromatic nitrogens is 1. The third-order valence-corrected chi connectivity index (χ3v) is 4.79. The van der Waals surface area contributed by atoms with E-state index in [0.29, 0.717) is 6.42 Å². The third kappa shape index (κ3) is 3.94. The number of methoxy groups -OCH3 is 1. The first-order chi connectivity index (χ1) is 9.04. The standard InChI is InChI=1S/C14H20N2O2S/c1-10(15)11-3-6-16-12(7-11)19-9-14(4-5-14)8-13(17)18-2/h3,6-7,10H,4-5,8-9,15H2,1-2H3/t10-/m0/s1. The monoisotopic (exact) mass is 280 g/mol. The number of nitrogens with zero attached hydrogens (tertiary/aromatic N) is 1. The highest BCUT2D eigenvalue weighted by atomic mass is 32.2. The van der Waals surface area contributed by atoms with E-state index in [-0.39, 0.29) is 17.4 Å². The van der Waals surface area contributed by atoms with Crippen LogP contribution in [0.25, 0.3) is 0 Å². The van der Waals surface area contributed by atoms with Crippen LogP contribution in [-0.4, -0.2) is 23.8 Å². The molecule has 0 saturated heterocycles. The summed E-state index contributed by atoms with van der Waals surface area (Å²) in [5.74, 6) is 0.799. The molecule has 0 radical (unpaired) electrons. The van der Waals surface area contributed by atoms with Crippen molar-refractivity contribution >= 4 is 17.7 Å². The lowest BCUT2D eigenvalue weighted by atomic mass is 10.1. The molecule has 1 atom stereocenters.